The van der Waals surface area contributed by atoms with Crippen LogP contribution in [-0.2, 0) is 6.18 Å². The van der Waals surface area contributed by atoms with Crippen molar-refractivity contribution in [3.63, 3.8) is 0 Å². The Morgan fingerprint density at radius 1 is 1.35 bits per heavy atom. The van der Waals surface area contributed by atoms with Crippen molar-refractivity contribution in [2.75, 3.05) is 0 Å². The van der Waals surface area contributed by atoms with Crippen molar-refractivity contribution in [3.8, 4) is 5.82 Å². The Labute approximate surface area is 92.9 Å². The molecular weight excluding hydrogens is 237 g/mol. The van der Waals surface area contributed by atoms with E-state index in [1.807, 2.05) is 5.10 Å². The average Bonchev–Trinajstić information content (AvgIpc) is 2.57. The highest BCUT2D eigenvalue weighted by molar-refractivity contribution is 5.25. The van der Waals surface area contributed by atoms with E-state index in [9.17, 15) is 18.0 Å². The number of alkyl halides is 3. The molecule has 0 fully saturated rings. The number of nitrogens with zero attached hydrogens (tertiary/aromatic N) is 3. The lowest BCUT2D eigenvalue weighted by atomic mass is 10.3. The van der Waals surface area contributed by atoms with E-state index in [0.717, 1.165) is 6.92 Å². The van der Waals surface area contributed by atoms with Gasteiger partial charge in [-0.3, -0.25) is 14.9 Å². The first-order valence-corrected chi connectivity index (χ1v) is 4.56. The predicted octanol–water partition coefficient (Wildman–Crippen LogP) is 1.28. The van der Waals surface area contributed by atoms with E-state index in [1.165, 1.54) is 18.6 Å². The number of aromatic amines is 1. The SMILES string of the molecule is Cc1c(C(F)(F)F)[nH]n(-c2cnccn2)c1=O. The van der Waals surface area contributed by atoms with Crippen LogP contribution in [0.15, 0.2) is 23.4 Å². The minimum atomic E-state index is -4.60. The Kier molecular flexibility index (Phi) is 2.49. The number of nitrogens with one attached hydrogen (secondary N) is 1. The quantitative estimate of drug-likeness (QED) is 0.821. The van der Waals surface area contributed by atoms with Gasteiger partial charge >= 0.3 is 6.18 Å². The summed E-state index contributed by atoms with van der Waals surface area (Å²) in [6.45, 7) is 1.11. The summed E-state index contributed by atoms with van der Waals surface area (Å²) in [5, 5.41) is 1.98. The van der Waals surface area contributed by atoms with Gasteiger partial charge in [0.2, 0.25) is 0 Å². The topological polar surface area (TPSA) is 63.6 Å². The van der Waals surface area contributed by atoms with Gasteiger partial charge in [-0.1, -0.05) is 0 Å². The molecule has 2 aromatic heterocycles. The standard InChI is InChI=1S/C9H7F3N4O/c1-5-7(9(10,11)12)15-16(8(5)17)6-4-13-2-3-14-6/h2-4,15H,1H3. The molecule has 2 heterocycles. The molecule has 2 rings (SSSR count). The van der Waals surface area contributed by atoms with E-state index < -0.39 is 23.0 Å². The van der Waals surface area contributed by atoms with Crippen molar-refractivity contribution in [1.82, 2.24) is 19.7 Å². The zero-order valence-corrected chi connectivity index (χ0v) is 8.62. The van der Waals surface area contributed by atoms with Gasteiger partial charge in [-0.25, -0.2) is 4.98 Å². The van der Waals surface area contributed by atoms with Crippen LogP contribution in [0.1, 0.15) is 11.3 Å². The lowest BCUT2D eigenvalue weighted by molar-refractivity contribution is -0.141. The molecule has 2 aromatic rings. The first-order valence-electron chi connectivity index (χ1n) is 4.56. The van der Waals surface area contributed by atoms with Gasteiger partial charge in [0.1, 0.15) is 5.69 Å². The highest BCUT2D eigenvalue weighted by Crippen LogP contribution is 2.28. The molecule has 0 aromatic carbocycles. The second-order valence-electron chi connectivity index (χ2n) is 3.31. The van der Waals surface area contributed by atoms with Crippen LogP contribution >= 0.6 is 0 Å². The van der Waals surface area contributed by atoms with Gasteiger partial charge in [0.05, 0.1) is 6.20 Å². The smallest absolute Gasteiger partial charge is 0.285 e. The minimum absolute atomic E-state index is 0.0103. The molecule has 0 unspecified atom stereocenters. The van der Waals surface area contributed by atoms with Crippen LogP contribution in [0.25, 0.3) is 5.82 Å². The molecule has 17 heavy (non-hydrogen) atoms. The summed E-state index contributed by atoms with van der Waals surface area (Å²) in [6.07, 6.45) is -0.769. The second-order valence-corrected chi connectivity index (χ2v) is 3.31. The third-order valence-electron chi connectivity index (χ3n) is 2.18. The molecule has 90 valence electrons. The molecule has 8 heteroatoms. The molecule has 0 amide bonds. The van der Waals surface area contributed by atoms with Gasteiger partial charge in [-0.15, -0.1) is 0 Å². The van der Waals surface area contributed by atoms with Gasteiger partial charge in [0.15, 0.2) is 5.82 Å². The lowest BCUT2D eigenvalue weighted by Crippen LogP contribution is -2.17. The largest absolute Gasteiger partial charge is 0.433 e. The Balaban J connectivity index is 2.63. The van der Waals surface area contributed by atoms with Crippen LogP contribution in [0, 0.1) is 6.92 Å². The van der Waals surface area contributed by atoms with Gasteiger partial charge in [-0.2, -0.15) is 17.9 Å². The summed E-state index contributed by atoms with van der Waals surface area (Å²) < 4.78 is 38.3. The molecule has 0 spiro atoms. The van der Waals surface area contributed by atoms with Crippen LogP contribution in [0.3, 0.4) is 0 Å². The molecule has 0 saturated heterocycles. The monoisotopic (exact) mass is 244 g/mol. The van der Waals surface area contributed by atoms with Crippen molar-refractivity contribution in [1.29, 1.82) is 0 Å². The van der Waals surface area contributed by atoms with Crippen LogP contribution in [-0.4, -0.2) is 19.7 Å². The average molecular weight is 244 g/mol. The molecule has 0 aliphatic rings. The van der Waals surface area contributed by atoms with E-state index in [1.54, 1.807) is 0 Å². The lowest BCUT2D eigenvalue weighted by Gasteiger charge is -2.03. The van der Waals surface area contributed by atoms with Crippen molar-refractivity contribution >= 4 is 0 Å². The molecule has 5 nitrogen and oxygen atoms in total. The number of rotatable bonds is 1. The summed E-state index contributed by atoms with van der Waals surface area (Å²) in [6, 6.07) is 0. The Bertz CT molecular complexity index is 585. The normalized spacial score (nSPS) is 11.8. The van der Waals surface area contributed by atoms with Crippen LogP contribution < -0.4 is 5.56 Å². The van der Waals surface area contributed by atoms with E-state index in [4.69, 9.17) is 0 Å². The maximum Gasteiger partial charge on any atom is 0.433 e. The molecule has 0 aliphatic carbocycles. The fraction of sp³-hybridized carbons (Fsp3) is 0.222. The zero-order chi connectivity index (χ0) is 12.6. The highest BCUT2D eigenvalue weighted by Gasteiger charge is 2.36. The number of hydrogen-bond acceptors (Lipinski definition) is 3. The van der Waals surface area contributed by atoms with Gasteiger partial charge < -0.3 is 0 Å². The van der Waals surface area contributed by atoms with Crippen molar-refractivity contribution < 1.29 is 13.2 Å². The van der Waals surface area contributed by atoms with E-state index >= 15 is 0 Å². The predicted molar refractivity (Wildman–Crippen MR) is 51.7 cm³/mol. The molecule has 0 bridgehead atoms. The van der Waals surface area contributed by atoms with Crippen molar-refractivity contribution in [3.05, 3.63) is 40.2 Å². The van der Waals surface area contributed by atoms with Gasteiger partial charge in [-0.05, 0) is 6.92 Å². The summed E-state index contributed by atoms with van der Waals surface area (Å²) in [5.41, 5.74) is -2.27. The fourth-order valence-electron chi connectivity index (χ4n) is 1.37. The minimum Gasteiger partial charge on any atom is -0.285 e. The Morgan fingerprint density at radius 3 is 2.53 bits per heavy atom. The molecule has 0 saturated carbocycles. The number of hydrogen-bond donors (Lipinski definition) is 1. The van der Waals surface area contributed by atoms with E-state index in [0.29, 0.717) is 4.68 Å². The van der Waals surface area contributed by atoms with Crippen molar-refractivity contribution in [2.45, 2.75) is 13.1 Å². The first kappa shape index (κ1) is 11.4. The summed E-state index contributed by atoms with van der Waals surface area (Å²) in [7, 11) is 0. The van der Waals surface area contributed by atoms with Gasteiger partial charge in [0, 0.05) is 18.0 Å². The maximum absolute atomic E-state index is 12.5. The maximum atomic E-state index is 12.5. The van der Waals surface area contributed by atoms with Crippen molar-refractivity contribution in [2.24, 2.45) is 0 Å². The Morgan fingerprint density at radius 2 is 2.06 bits per heavy atom. The first-order chi connectivity index (χ1) is 7.91. The number of H-pyrrole nitrogens is 1. The zero-order valence-electron chi connectivity index (χ0n) is 8.62. The molecule has 0 aliphatic heterocycles. The third kappa shape index (κ3) is 1.93. The van der Waals surface area contributed by atoms with Crippen LogP contribution in [0.2, 0.25) is 0 Å². The van der Waals surface area contributed by atoms with Crippen LogP contribution in [0.5, 0.6) is 0 Å². The molecular formula is C9H7F3N4O. The summed E-state index contributed by atoms with van der Waals surface area (Å²) in [4.78, 5) is 19.0. The van der Waals surface area contributed by atoms with Gasteiger partial charge in [0.25, 0.3) is 5.56 Å². The summed E-state index contributed by atoms with van der Waals surface area (Å²) >= 11 is 0. The van der Waals surface area contributed by atoms with E-state index in [-0.39, 0.29) is 5.82 Å². The highest BCUT2D eigenvalue weighted by atomic mass is 19.4. The molecule has 1 N–H and O–H groups in total. The number of halogens is 3. The Hall–Kier alpha value is -2.12. The van der Waals surface area contributed by atoms with E-state index in [2.05, 4.69) is 9.97 Å². The second kappa shape index (κ2) is 3.72. The third-order valence-corrected chi connectivity index (χ3v) is 2.18. The number of aromatic nitrogens is 4. The fourth-order valence-corrected chi connectivity index (χ4v) is 1.37. The summed E-state index contributed by atoms with van der Waals surface area (Å²) in [5.74, 6) is 0.0103. The molecule has 0 atom stereocenters. The molecule has 0 radical (unpaired) electrons. The van der Waals surface area contributed by atoms with Crippen LogP contribution in [0.4, 0.5) is 13.2 Å².